The predicted molar refractivity (Wildman–Crippen MR) is 105 cm³/mol. The molecule has 6 heteroatoms. The predicted octanol–water partition coefficient (Wildman–Crippen LogP) is 4.45. The molecule has 28 heavy (non-hydrogen) atoms. The van der Waals surface area contributed by atoms with Gasteiger partial charge in [0.2, 0.25) is 0 Å². The van der Waals surface area contributed by atoms with E-state index in [-0.39, 0.29) is 16.5 Å². The highest BCUT2D eigenvalue weighted by molar-refractivity contribution is 5.94. The van der Waals surface area contributed by atoms with Crippen molar-refractivity contribution in [1.82, 2.24) is 0 Å². The molecule has 6 nitrogen and oxygen atoms in total. The molecule has 3 aromatic rings. The van der Waals surface area contributed by atoms with Crippen LogP contribution in [-0.2, 0) is 0 Å². The quantitative estimate of drug-likeness (QED) is 0.282. The number of carbonyl (C=O) groups excluding carboxylic acids is 1. The number of carbonyl (C=O) groups is 1. The minimum absolute atomic E-state index is 0.101. The van der Waals surface area contributed by atoms with E-state index in [1.807, 2.05) is 19.1 Å². The number of para-hydroxylation sites is 1. The fraction of sp³-hybridized carbons (Fsp3) is 0.182. The molecule has 1 N–H and O–H groups in total. The number of esters is 1. The molecule has 0 bridgehead atoms. The smallest absolute Gasteiger partial charge is 0.383 e. The van der Waals surface area contributed by atoms with Gasteiger partial charge >= 0.3 is 11.6 Å². The van der Waals surface area contributed by atoms with Gasteiger partial charge in [-0.15, -0.1) is 0 Å². The van der Waals surface area contributed by atoms with Crippen LogP contribution in [0.3, 0.4) is 0 Å². The second-order valence-corrected chi connectivity index (χ2v) is 5.97. The van der Waals surface area contributed by atoms with Crippen molar-refractivity contribution in [2.75, 3.05) is 6.61 Å². The molecule has 0 atom stereocenters. The van der Waals surface area contributed by atoms with E-state index in [1.165, 1.54) is 0 Å². The van der Waals surface area contributed by atoms with Gasteiger partial charge in [0, 0.05) is 0 Å². The normalized spacial score (nSPS) is 11.0. The van der Waals surface area contributed by atoms with Crippen molar-refractivity contribution in [3.05, 3.63) is 76.7 Å². The average Bonchev–Trinajstić information content (AvgIpc) is 2.72. The number of fused-ring (bicyclic) bond motifs is 1. The molecule has 0 amide bonds. The molecule has 1 aromatic heterocycles. The molecule has 0 aliphatic heterocycles. The summed E-state index contributed by atoms with van der Waals surface area (Å²) in [6.07, 6.45) is 5.68. The van der Waals surface area contributed by atoms with Crippen molar-refractivity contribution in [3.63, 3.8) is 0 Å². The first-order valence-corrected chi connectivity index (χ1v) is 8.95. The van der Waals surface area contributed by atoms with Crippen LogP contribution in [0.1, 0.15) is 30.1 Å². The van der Waals surface area contributed by atoms with Crippen LogP contribution < -0.4 is 15.1 Å². The Morgan fingerprint density at radius 2 is 1.89 bits per heavy atom. The molecule has 0 spiro atoms. The number of hydrogen-bond donors (Lipinski definition) is 1. The maximum atomic E-state index is 12.3. The lowest BCUT2D eigenvalue weighted by Crippen LogP contribution is -2.14. The van der Waals surface area contributed by atoms with Crippen molar-refractivity contribution in [3.8, 4) is 17.2 Å². The van der Waals surface area contributed by atoms with Crippen LogP contribution in [-0.4, -0.2) is 17.7 Å². The van der Waals surface area contributed by atoms with Gasteiger partial charge in [-0.25, -0.2) is 9.59 Å². The molecule has 0 unspecified atom stereocenters. The third-order valence-electron chi connectivity index (χ3n) is 3.98. The van der Waals surface area contributed by atoms with Crippen LogP contribution in [0.15, 0.2) is 69.9 Å². The van der Waals surface area contributed by atoms with Gasteiger partial charge in [0.15, 0.2) is 17.1 Å². The Morgan fingerprint density at radius 1 is 1.11 bits per heavy atom. The first-order valence-electron chi connectivity index (χ1n) is 8.95. The van der Waals surface area contributed by atoms with Crippen LogP contribution in [0.5, 0.6) is 17.2 Å². The Balaban J connectivity index is 1.89. The number of aromatic hydroxyl groups is 1. The Hall–Kier alpha value is -3.54. The minimum Gasteiger partial charge on any atom is -0.504 e. The Bertz CT molecular complexity index is 1050. The second kappa shape index (κ2) is 8.90. The summed E-state index contributed by atoms with van der Waals surface area (Å²) >= 11 is 0. The van der Waals surface area contributed by atoms with Crippen LogP contribution >= 0.6 is 0 Å². The zero-order valence-electron chi connectivity index (χ0n) is 15.4. The van der Waals surface area contributed by atoms with Crippen LogP contribution in [0.25, 0.3) is 11.0 Å². The van der Waals surface area contributed by atoms with E-state index < -0.39 is 23.1 Å². The lowest BCUT2D eigenvalue weighted by molar-refractivity contribution is 0.0723. The molecule has 3 rings (SSSR count). The molecule has 0 aliphatic carbocycles. The van der Waals surface area contributed by atoms with E-state index >= 15 is 0 Å². The molecule has 0 saturated carbocycles. The highest BCUT2D eigenvalue weighted by Gasteiger charge is 2.21. The zero-order chi connectivity index (χ0) is 19.9. The van der Waals surface area contributed by atoms with E-state index in [4.69, 9.17) is 13.9 Å². The van der Waals surface area contributed by atoms with E-state index in [9.17, 15) is 14.7 Å². The lowest BCUT2D eigenvalue weighted by Gasteiger charge is -2.10. The number of hydrogen-bond acceptors (Lipinski definition) is 6. The Morgan fingerprint density at radius 3 is 2.64 bits per heavy atom. The van der Waals surface area contributed by atoms with Crippen molar-refractivity contribution in [2.45, 2.75) is 19.8 Å². The van der Waals surface area contributed by atoms with E-state index in [1.54, 1.807) is 48.5 Å². The van der Waals surface area contributed by atoms with Gasteiger partial charge in [0.05, 0.1) is 17.6 Å². The molecular weight excluding hydrogens is 360 g/mol. The Labute approximate surface area is 161 Å². The molecule has 0 fully saturated rings. The average molecular weight is 380 g/mol. The monoisotopic (exact) mass is 380 g/mol. The van der Waals surface area contributed by atoms with Gasteiger partial charge in [-0.2, -0.15) is 0 Å². The summed E-state index contributed by atoms with van der Waals surface area (Å²) in [6, 6.07) is 13.0. The first-order chi connectivity index (χ1) is 13.6. The maximum Gasteiger partial charge on any atom is 0.383 e. The SMILES string of the molecule is CC/C=C/CCOc1cccc2c(O)c(OC(=O)c3ccccc3)c(=O)oc12. The van der Waals surface area contributed by atoms with Crippen LogP contribution in [0.4, 0.5) is 0 Å². The second-order valence-electron chi connectivity index (χ2n) is 5.97. The fourth-order valence-corrected chi connectivity index (χ4v) is 2.62. The molecule has 0 radical (unpaired) electrons. The summed E-state index contributed by atoms with van der Waals surface area (Å²) < 4.78 is 16.0. The van der Waals surface area contributed by atoms with E-state index in [0.29, 0.717) is 18.8 Å². The number of benzene rings is 2. The van der Waals surface area contributed by atoms with Gasteiger partial charge in [0.1, 0.15) is 0 Å². The maximum absolute atomic E-state index is 12.3. The molecule has 2 aromatic carbocycles. The third-order valence-corrected chi connectivity index (χ3v) is 3.98. The number of rotatable bonds is 7. The fourth-order valence-electron chi connectivity index (χ4n) is 2.62. The standard InChI is InChI=1S/C22H20O6/c1-2-3-4-8-14-26-17-13-9-12-16-18(23)20(22(25)27-19(16)17)28-21(24)15-10-6-5-7-11-15/h3-7,9-13,23H,2,8,14H2,1H3/b4-3+. The number of allylic oxidation sites excluding steroid dienone is 1. The van der Waals surface area contributed by atoms with Gasteiger partial charge < -0.3 is 19.0 Å². The van der Waals surface area contributed by atoms with Crippen molar-refractivity contribution < 1.29 is 23.8 Å². The molecule has 0 aliphatic rings. The highest BCUT2D eigenvalue weighted by atomic mass is 16.6. The van der Waals surface area contributed by atoms with Gasteiger partial charge in [-0.1, -0.05) is 43.3 Å². The van der Waals surface area contributed by atoms with Gasteiger partial charge in [-0.05, 0) is 37.1 Å². The molecule has 1 heterocycles. The van der Waals surface area contributed by atoms with Gasteiger partial charge in [-0.3, -0.25) is 0 Å². The first kappa shape index (κ1) is 19.2. The Kier molecular flexibility index (Phi) is 6.11. The molecule has 0 saturated heterocycles. The molecular formula is C22H20O6. The van der Waals surface area contributed by atoms with E-state index in [0.717, 1.165) is 6.42 Å². The van der Waals surface area contributed by atoms with Crippen molar-refractivity contribution >= 4 is 16.9 Å². The molecule has 144 valence electrons. The lowest BCUT2D eigenvalue weighted by atomic mass is 10.2. The van der Waals surface area contributed by atoms with Crippen molar-refractivity contribution in [2.24, 2.45) is 0 Å². The summed E-state index contributed by atoms with van der Waals surface area (Å²) in [5.74, 6) is -1.45. The highest BCUT2D eigenvalue weighted by Crippen LogP contribution is 2.36. The topological polar surface area (TPSA) is 86.0 Å². The summed E-state index contributed by atoms with van der Waals surface area (Å²) in [5.41, 5.74) is -0.612. The van der Waals surface area contributed by atoms with Crippen molar-refractivity contribution in [1.29, 1.82) is 0 Å². The summed E-state index contributed by atoms with van der Waals surface area (Å²) in [7, 11) is 0. The minimum atomic E-state index is -0.962. The summed E-state index contributed by atoms with van der Waals surface area (Å²) in [4.78, 5) is 24.5. The third kappa shape index (κ3) is 4.23. The summed E-state index contributed by atoms with van der Waals surface area (Å²) in [5, 5.41) is 10.7. The van der Waals surface area contributed by atoms with E-state index in [2.05, 4.69) is 0 Å². The largest absolute Gasteiger partial charge is 0.504 e. The summed E-state index contributed by atoms with van der Waals surface area (Å²) in [6.45, 7) is 2.44. The van der Waals surface area contributed by atoms with Crippen LogP contribution in [0, 0.1) is 0 Å². The zero-order valence-corrected chi connectivity index (χ0v) is 15.4. The van der Waals surface area contributed by atoms with Gasteiger partial charge in [0.25, 0.3) is 5.75 Å². The number of ether oxygens (including phenoxy) is 2. The van der Waals surface area contributed by atoms with Crippen LogP contribution in [0.2, 0.25) is 0 Å².